The van der Waals surface area contributed by atoms with E-state index in [2.05, 4.69) is 13.8 Å². The Morgan fingerprint density at radius 1 is 1.08 bits per heavy atom. The van der Waals surface area contributed by atoms with Crippen molar-refractivity contribution in [3.05, 3.63) is 11.8 Å². The van der Waals surface area contributed by atoms with Crippen LogP contribution < -0.4 is 0 Å². The van der Waals surface area contributed by atoms with Crippen molar-refractivity contribution in [2.45, 2.75) is 58.8 Å². The molecule has 0 aromatic rings. The predicted octanol–water partition coefficient (Wildman–Crippen LogP) is 4.20. The molecule has 1 heteroatoms. The van der Waals surface area contributed by atoms with Gasteiger partial charge in [0.1, 0.15) is 0 Å². The highest BCUT2D eigenvalue weighted by Gasteiger charge is 1.94. The van der Waals surface area contributed by atoms with Crippen LogP contribution in [0, 0.1) is 0 Å². The Morgan fingerprint density at radius 3 is 2.25 bits per heavy atom. The molecule has 0 radical (unpaired) electrons. The smallest absolute Gasteiger partial charge is 0.0783 e. The summed E-state index contributed by atoms with van der Waals surface area (Å²) in [6.45, 7) is 4.32. The van der Waals surface area contributed by atoms with Crippen molar-refractivity contribution in [3.63, 3.8) is 0 Å². The van der Waals surface area contributed by atoms with Crippen LogP contribution in [0.4, 0.5) is 0 Å². The van der Waals surface area contributed by atoms with Gasteiger partial charge in [0.2, 0.25) is 0 Å². The number of rotatable bonds is 7. The van der Waals surface area contributed by atoms with Gasteiger partial charge in [-0.3, -0.25) is 0 Å². The second kappa shape index (κ2) is 8.63. The van der Waals surface area contributed by atoms with E-state index in [0.29, 0.717) is 0 Å². The van der Waals surface area contributed by atoms with Gasteiger partial charge in [-0.15, -0.1) is 0 Å². The standard InChI is InChI=1S/C11H22O/c1-3-5-6-7-8-9-11(4-2)10-12/h10,12H,3-9H2,1-2H3. The molecule has 1 N–H and O–H groups in total. The Hall–Kier alpha value is -0.460. The molecule has 0 fully saturated rings. The molecule has 0 bridgehead atoms. The van der Waals surface area contributed by atoms with Gasteiger partial charge in [-0.1, -0.05) is 39.5 Å². The van der Waals surface area contributed by atoms with Crippen LogP contribution in [0.15, 0.2) is 11.8 Å². The zero-order valence-corrected chi connectivity index (χ0v) is 8.47. The van der Waals surface area contributed by atoms with Crippen LogP contribution >= 0.6 is 0 Å². The first-order valence-corrected chi connectivity index (χ1v) is 5.17. The Morgan fingerprint density at radius 2 is 1.75 bits per heavy atom. The van der Waals surface area contributed by atoms with Gasteiger partial charge in [-0.05, 0) is 24.8 Å². The molecule has 0 unspecified atom stereocenters. The minimum atomic E-state index is 0.990. The number of unbranched alkanes of at least 4 members (excludes halogenated alkanes) is 4. The van der Waals surface area contributed by atoms with Crippen molar-refractivity contribution in [1.29, 1.82) is 0 Å². The first kappa shape index (κ1) is 11.5. The molecule has 0 saturated carbocycles. The second-order valence-corrected chi connectivity index (χ2v) is 3.31. The van der Waals surface area contributed by atoms with Crippen molar-refractivity contribution in [2.75, 3.05) is 0 Å². The van der Waals surface area contributed by atoms with E-state index in [1.165, 1.54) is 43.9 Å². The van der Waals surface area contributed by atoms with Crippen molar-refractivity contribution in [2.24, 2.45) is 0 Å². The van der Waals surface area contributed by atoms with Crippen LogP contribution in [0.3, 0.4) is 0 Å². The molecule has 0 aromatic carbocycles. The summed E-state index contributed by atoms with van der Waals surface area (Å²) in [6, 6.07) is 0. The van der Waals surface area contributed by atoms with Crippen LogP contribution in [0.2, 0.25) is 0 Å². The fourth-order valence-electron chi connectivity index (χ4n) is 1.29. The Labute approximate surface area is 76.5 Å². The predicted molar refractivity (Wildman–Crippen MR) is 54.4 cm³/mol. The highest BCUT2D eigenvalue weighted by Crippen LogP contribution is 2.12. The van der Waals surface area contributed by atoms with E-state index in [9.17, 15) is 0 Å². The topological polar surface area (TPSA) is 20.2 Å². The zero-order valence-electron chi connectivity index (χ0n) is 8.47. The van der Waals surface area contributed by atoms with Gasteiger partial charge >= 0.3 is 0 Å². The fourth-order valence-corrected chi connectivity index (χ4v) is 1.29. The Kier molecular flexibility index (Phi) is 8.30. The summed E-state index contributed by atoms with van der Waals surface area (Å²) in [7, 11) is 0. The van der Waals surface area contributed by atoms with Gasteiger partial charge in [0.05, 0.1) is 6.26 Å². The van der Waals surface area contributed by atoms with E-state index in [4.69, 9.17) is 5.11 Å². The molecule has 1 nitrogen and oxygen atoms in total. The summed E-state index contributed by atoms with van der Waals surface area (Å²) in [4.78, 5) is 0. The quantitative estimate of drug-likeness (QED) is 0.448. The summed E-state index contributed by atoms with van der Waals surface area (Å²) >= 11 is 0. The molecule has 0 aliphatic rings. The van der Waals surface area contributed by atoms with E-state index in [1.807, 2.05) is 0 Å². The zero-order chi connectivity index (χ0) is 9.23. The summed E-state index contributed by atoms with van der Waals surface area (Å²) in [5.41, 5.74) is 1.19. The van der Waals surface area contributed by atoms with Crippen LogP contribution in [-0.2, 0) is 0 Å². The molecular formula is C11H22O. The number of aliphatic hydroxyl groups excluding tert-OH is 1. The first-order valence-electron chi connectivity index (χ1n) is 5.17. The summed E-state index contributed by atoms with van der Waals surface area (Å²) in [6.07, 6.45) is 9.89. The summed E-state index contributed by atoms with van der Waals surface area (Å²) < 4.78 is 0. The van der Waals surface area contributed by atoms with E-state index < -0.39 is 0 Å². The fraction of sp³-hybridized carbons (Fsp3) is 0.818. The maximum absolute atomic E-state index is 8.77. The van der Waals surface area contributed by atoms with Gasteiger partial charge in [0, 0.05) is 0 Å². The average molecular weight is 170 g/mol. The van der Waals surface area contributed by atoms with E-state index in [-0.39, 0.29) is 0 Å². The lowest BCUT2D eigenvalue weighted by Crippen LogP contribution is -1.83. The SMILES string of the molecule is CCCCCCCC(=CO)CC. The Bertz CT molecular complexity index is 116. The summed E-state index contributed by atoms with van der Waals surface area (Å²) in [5, 5.41) is 8.77. The molecule has 12 heavy (non-hydrogen) atoms. The highest BCUT2D eigenvalue weighted by atomic mass is 16.2. The summed E-state index contributed by atoms with van der Waals surface area (Å²) in [5.74, 6) is 0. The molecule has 72 valence electrons. The third kappa shape index (κ3) is 6.26. The van der Waals surface area contributed by atoms with Gasteiger partial charge < -0.3 is 5.11 Å². The third-order valence-electron chi connectivity index (χ3n) is 2.24. The van der Waals surface area contributed by atoms with Crippen LogP contribution in [0.25, 0.3) is 0 Å². The molecule has 0 heterocycles. The van der Waals surface area contributed by atoms with Crippen LogP contribution in [0.1, 0.15) is 58.8 Å². The number of aliphatic hydroxyl groups is 1. The minimum absolute atomic E-state index is 0.990. The van der Waals surface area contributed by atoms with Crippen LogP contribution in [-0.4, -0.2) is 5.11 Å². The molecule has 0 amide bonds. The molecule has 0 saturated heterocycles. The van der Waals surface area contributed by atoms with E-state index >= 15 is 0 Å². The molecule has 0 rings (SSSR count). The van der Waals surface area contributed by atoms with E-state index in [1.54, 1.807) is 0 Å². The first-order chi connectivity index (χ1) is 5.85. The van der Waals surface area contributed by atoms with Crippen molar-refractivity contribution >= 4 is 0 Å². The van der Waals surface area contributed by atoms with Gasteiger partial charge in [-0.2, -0.15) is 0 Å². The molecular weight excluding hydrogens is 148 g/mol. The number of allylic oxidation sites excluding steroid dienone is 1. The van der Waals surface area contributed by atoms with Crippen molar-refractivity contribution in [1.82, 2.24) is 0 Å². The number of hydrogen-bond donors (Lipinski definition) is 1. The molecule has 0 aromatic heterocycles. The normalized spacial score (nSPS) is 12.0. The van der Waals surface area contributed by atoms with Gasteiger partial charge in [-0.25, -0.2) is 0 Å². The third-order valence-corrected chi connectivity index (χ3v) is 2.24. The lowest BCUT2D eigenvalue weighted by Gasteiger charge is -2.02. The average Bonchev–Trinajstić information content (AvgIpc) is 2.11. The lowest BCUT2D eigenvalue weighted by molar-refractivity contribution is 0.460. The Balaban J connectivity index is 3.18. The van der Waals surface area contributed by atoms with Crippen molar-refractivity contribution < 1.29 is 5.11 Å². The van der Waals surface area contributed by atoms with E-state index in [0.717, 1.165) is 12.8 Å². The molecule has 0 aliphatic carbocycles. The molecule has 0 atom stereocenters. The van der Waals surface area contributed by atoms with Gasteiger partial charge in [0.15, 0.2) is 0 Å². The maximum atomic E-state index is 8.77. The number of hydrogen-bond acceptors (Lipinski definition) is 1. The lowest BCUT2D eigenvalue weighted by atomic mass is 10.1. The minimum Gasteiger partial charge on any atom is -0.516 e. The molecule has 0 aliphatic heterocycles. The largest absolute Gasteiger partial charge is 0.516 e. The molecule has 0 spiro atoms. The second-order valence-electron chi connectivity index (χ2n) is 3.31. The maximum Gasteiger partial charge on any atom is 0.0783 e. The van der Waals surface area contributed by atoms with Gasteiger partial charge in [0.25, 0.3) is 0 Å². The highest BCUT2D eigenvalue weighted by molar-refractivity contribution is 4.95. The monoisotopic (exact) mass is 170 g/mol. The van der Waals surface area contributed by atoms with Crippen molar-refractivity contribution in [3.8, 4) is 0 Å². The van der Waals surface area contributed by atoms with Crippen LogP contribution in [0.5, 0.6) is 0 Å².